The van der Waals surface area contributed by atoms with Gasteiger partial charge >= 0.3 is 0 Å². The zero-order valence-corrected chi connectivity index (χ0v) is 12.2. The molecule has 0 radical (unpaired) electrons. The Balaban J connectivity index is 1.90. The molecule has 2 aromatic carbocycles. The van der Waals surface area contributed by atoms with Gasteiger partial charge in [0.05, 0.1) is 0 Å². The van der Waals surface area contributed by atoms with Crippen LogP contribution in [0.25, 0.3) is 0 Å². The van der Waals surface area contributed by atoms with Crippen molar-refractivity contribution in [3.63, 3.8) is 0 Å². The second-order valence-corrected chi connectivity index (χ2v) is 5.65. The van der Waals surface area contributed by atoms with Crippen LogP contribution in [0, 0.1) is 5.82 Å². The number of benzene rings is 2. The van der Waals surface area contributed by atoms with E-state index < -0.39 is 0 Å². The molecule has 21 heavy (non-hydrogen) atoms. The Bertz CT molecular complexity index is 624. The lowest BCUT2D eigenvalue weighted by Gasteiger charge is -2.24. The Kier molecular flexibility index (Phi) is 4.20. The summed E-state index contributed by atoms with van der Waals surface area (Å²) in [7, 11) is 0. The number of rotatable bonds is 3. The molecule has 2 N–H and O–H groups in total. The molecule has 0 spiro atoms. The maximum absolute atomic E-state index is 13.8. The molecule has 0 amide bonds. The maximum Gasteiger partial charge on any atom is 0.125 e. The fraction of sp³-hybridized carbons (Fsp3) is 0.333. The second-order valence-electron chi connectivity index (χ2n) is 5.65. The zero-order valence-electron chi connectivity index (χ0n) is 12.2. The molecule has 0 atom stereocenters. The van der Waals surface area contributed by atoms with Crippen LogP contribution in [0.3, 0.4) is 0 Å². The minimum Gasteiger partial charge on any atom is -0.367 e. The minimum absolute atomic E-state index is 0.173. The van der Waals surface area contributed by atoms with Crippen molar-refractivity contribution >= 4 is 5.69 Å². The molecule has 3 heteroatoms. The number of nitrogens with zero attached hydrogens (tertiary/aromatic N) is 1. The number of hydrogen-bond donors (Lipinski definition) is 1. The van der Waals surface area contributed by atoms with Gasteiger partial charge in [-0.1, -0.05) is 24.3 Å². The molecule has 110 valence electrons. The van der Waals surface area contributed by atoms with E-state index in [0.29, 0.717) is 6.54 Å². The van der Waals surface area contributed by atoms with Crippen molar-refractivity contribution in [2.24, 2.45) is 5.73 Å². The van der Waals surface area contributed by atoms with Gasteiger partial charge in [0.2, 0.25) is 0 Å². The lowest BCUT2D eigenvalue weighted by Crippen LogP contribution is -2.22. The monoisotopic (exact) mass is 284 g/mol. The fourth-order valence-electron chi connectivity index (χ4n) is 3.05. The highest BCUT2D eigenvalue weighted by atomic mass is 19.1. The number of anilines is 1. The molecule has 0 aromatic heterocycles. The highest BCUT2D eigenvalue weighted by Crippen LogP contribution is 2.25. The average Bonchev–Trinajstić information content (AvgIpc) is 2.69. The van der Waals surface area contributed by atoms with Crippen molar-refractivity contribution in [2.45, 2.75) is 25.8 Å². The van der Waals surface area contributed by atoms with E-state index in [1.807, 2.05) is 0 Å². The molecule has 1 aliphatic rings. The Morgan fingerprint density at radius 1 is 1.10 bits per heavy atom. The third kappa shape index (κ3) is 3.24. The van der Waals surface area contributed by atoms with Crippen LogP contribution in [0.2, 0.25) is 0 Å². The van der Waals surface area contributed by atoms with Gasteiger partial charge in [-0.25, -0.2) is 4.39 Å². The van der Waals surface area contributed by atoms with Crippen molar-refractivity contribution in [1.82, 2.24) is 0 Å². The summed E-state index contributed by atoms with van der Waals surface area (Å²) in [4.78, 5) is 2.27. The summed E-state index contributed by atoms with van der Waals surface area (Å²) >= 11 is 0. The van der Waals surface area contributed by atoms with Gasteiger partial charge in [-0.15, -0.1) is 0 Å². The van der Waals surface area contributed by atoms with Gasteiger partial charge in [0, 0.05) is 18.8 Å². The predicted octanol–water partition coefficient (Wildman–Crippen LogP) is 3.28. The van der Waals surface area contributed by atoms with Crippen molar-refractivity contribution in [3.8, 4) is 0 Å². The summed E-state index contributed by atoms with van der Waals surface area (Å²) < 4.78 is 13.8. The van der Waals surface area contributed by atoms with E-state index in [2.05, 4.69) is 35.2 Å². The van der Waals surface area contributed by atoms with Gasteiger partial charge in [-0.05, 0) is 60.7 Å². The van der Waals surface area contributed by atoms with Gasteiger partial charge in [-0.3, -0.25) is 0 Å². The molecule has 0 saturated heterocycles. The summed E-state index contributed by atoms with van der Waals surface area (Å²) in [5.41, 5.74) is 10.3. The standard InChI is InChI=1S/C18H21FN2/c19-17-10-14(7-8-20)11-18(12-17)21-9-3-6-15-4-1-2-5-16(15)13-21/h1-2,4-5,10-12H,3,6-9,13,20H2. The topological polar surface area (TPSA) is 29.3 Å². The molecule has 0 bridgehead atoms. The van der Waals surface area contributed by atoms with Gasteiger partial charge < -0.3 is 10.6 Å². The Morgan fingerprint density at radius 3 is 2.71 bits per heavy atom. The first-order chi connectivity index (χ1) is 10.3. The Morgan fingerprint density at radius 2 is 1.90 bits per heavy atom. The second kappa shape index (κ2) is 6.27. The zero-order chi connectivity index (χ0) is 14.7. The van der Waals surface area contributed by atoms with Gasteiger partial charge in [-0.2, -0.15) is 0 Å². The predicted molar refractivity (Wildman–Crippen MR) is 85.0 cm³/mol. The van der Waals surface area contributed by atoms with Gasteiger partial charge in [0.1, 0.15) is 5.82 Å². The molecule has 0 aliphatic carbocycles. The third-order valence-corrected chi connectivity index (χ3v) is 4.09. The summed E-state index contributed by atoms with van der Waals surface area (Å²) in [5.74, 6) is -0.173. The van der Waals surface area contributed by atoms with Crippen molar-refractivity contribution in [1.29, 1.82) is 0 Å². The van der Waals surface area contributed by atoms with E-state index in [9.17, 15) is 4.39 Å². The molecule has 0 unspecified atom stereocenters. The number of halogens is 1. The molecule has 3 rings (SSSR count). The van der Waals surface area contributed by atoms with E-state index in [4.69, 9.17) is 5.73 Å². The van der Waals surface area contributed by atoms with Crippen molar-refractivity contribution < 1.29 is 4.39 Å². The van der Waals surface area contributed by atoms with E-state index >= 15 is 0 Å². The van der Waals surface area contributed by atoms with Gasteiger partial charge in [0.15, 0.2) is 0 Å². The molecular weight excluding hydrogens is 263 g/mol. The first-order valence-electron chi connectivity index (χ1n) is 7.57. The summed E-state index contributed by atoms with van der Waals surface area (Å²) in [6, 6.07) is 13.8. The van der Waals surface area contributed by atoms with E-state index in [0.717, 1.165) is 43.6 Å². The quantitative estimate of drug-likeness (QED) is 0.937. The third-order valence-electron chi connectivity index (χ3n) is 4.09. The number of hydrogen-bond acceptors (Lipinski definition) is 2. The van der Waals surface area contributed by atoms with Gasteiger partial charge in [0.25, 0.3) is 0 Å². The van der Waals surface area contributed by atoms with Crippen LogP contribution >= 0.6 is 0 Å². The molecule has 0 fully saturated rings. The average molecular weight is 284 g/mol. The number of fused-ring (bicyclic) bond motifs is 1. The first-order valence-corrected chi connectivity index (χ1v) is 7.57. The van der Waals surface area contributed by atoms with Crippen molar-refractivity contribution in [3.05, 3.63) is 65.0 Å². The van der Waals surface area contributed by atoms with Crippen LogP contribution in [0.15, 0.2) is 42.5 Å². The number of aryl methyl sites for hydroxylation is 1. The summed E-state index contributed by atoms with van der Waals surface area (Å²) in [5, 5.41) is 0. The van der Waals surface area contributed by atoms with E-state index in [1.54, 1.807) is 12.1 Å². The molecule has 1 heterocycles. The highest BCUT2D eigenvalue weighted by molar-refractivity contribution is 5.51. The van der Waals surface area contributed by atoms with E-state index in [1.165, 1.54) is 11.1 Å². The fourth-order valence-corrected chi connectivity index (χ4v) is 3.05. The SMILES string of the molecule is NCCc1cc(F)cc(N2CCCc3ccccc3C2)c1. The van der Waals surface area contributed by atoms with Crippen LogP contribution in [0.5, 0.6) is 0 Å². The molecule has 2 nitrogen and oxygen atoms in total. The Hall–Kier alpha value is -1.87. The molecule has 1 aliphatic heterocycles. The van der Waals surface area contributed by atoms with Crippen molar-refractivity contribution in [2.75, 3.05) is 18.0 Å². The van der Waals surface area contributed by atoms with Crippen LogP contribution in [0.1, 0.15) is 23.1 Å². The summed E-state index contributed by atoms with van der Waals surface area (Å²) in [6.07, 6.45) is 2.91. The highest BCUT2D eigenvalue weighted by Gasteiger charge is 2.15. The maximum atomic E-state index is 13.8. The lowest BCUT2D eigenvalue weighted by atomic mass is 10.0. The van der Waals surface area contributed by atoms with Crippen LogP contribution in [0.4, 0.5) is 10.1 Å². The largest absolute Gasteiger partial charge is 0.367 e. The van der Waals surface area contributed by atoms with Crippen LogP contribution in [-0.4, -0.2) is 13.1 Å². The van der Waals surface area contributed by atoms with E-state index in [-0.39, 0.29) is 5.82 Å². The first kappa shape index (κ1) is 14.1. The lowest BCUT2D eigenvalue weighted by molar-refractivity contribution is 0.623. The summed E-state index contributed by atoms with van der Waals surface area (Å²) in [6.45, 7) is 2.35. The molecular formula is C18H21FN2. The smallest absolute Gasteiger partial charge is 0.125 e. The normalized spacial score (nSPS) is 14.7. The Labute approximate surface area is 125 Å². The van der Waals surface area contributed by atoms with Crippen LogP contribution in [-0.2, 0) is 19.4 Å². The van der Waals surface area contributed by atoms with Crippen LogP contribution < -0.4 is 10.6 Å². The number of nitrogens with two attached hydrogens (primary N) is 1. The minimum atomic E-state index is -0.173. The molecule has 2 aromatic rings. The molecule has 0 saturated carbocycles.